The summed E-state index contributed by atoms with van der Waals surface area (Å²) >= 11 is 0. The number of rotatable bonds is 1. The first-order chi connectivity index (χ1) is 3.92. The van der Waals surface area contributed by atoms with Gasteiger partial charge in [0.2, 0.25) is 0 Å². The summed E-state index contributed by atoms with van der Waals surface area (Å²) in [6.07, 6.45) is 5.10. The Morgan fingerprint density at radius 3 is 2.75 bits per heavy atom. The number of hydrogen-bond acceptors (Lipinski definition) is 1. The van der Waals surface area contributed by atoms with E-state index in [4.69, 9.17) is 5.73 Å². The molecule has 2 N–H and O–H groups in total. The van der Waals surface area contributed by atoms with Crippen LogP contribution in [0.2, 0.25) is 0 Å². The molecule has 0 aliphatic heterocycles. The summed E-state index contributed by atoms with van der Waals surface area (Å²) < 4.78 is 0. The lowest BCUT2D eigenvalue weighted by atomic mass is 10.1. The summed E-state index contributed by atoms with van der Waals surface area (Å²) in [5.41, 5.74) is 7.17. The van der Waals surface area contributed by atoms with Crippen molar-refractivity contribution in [2.45, 2.75) is 12.8 Å². The third kappa shape index (κ3) is 0.451. The van der Waals surface area contributed by atoms with Crippen molar-refractivity contribution < 1.29 is 0 Å². The molecule has 2 atom stereocenters. The van der Waals surface area contributed by atoms with Gasteiger partial charge in [0.05, 0.1) is 0 Å². The molecule has 1 nitrogen and oxygen atoms in total. The molecule has 0 bridgehead atoms. The van der Waals surface area contributed by atoms with Gasteiger partial charge in [-0.3, -0.25) is 0 Å². The van der Waals surface area contributed by atoms with E-state index in [1.807, 2.05) is 0 Å². The summed E-state index contributed by atoms with van der Waals surface area (Å²) in [5.74, 6) is 1.68. The summed E-state index contributed by atoms with van der Waals surface area (Å²) in [5, 5.41) is 0. The molecule has 0 aromatic rings. The molecule has 2 aliphatic rings. The van der Waals surface area contributed by atoms with Crippen LogP contribution in [0.4, 0.5) is 0 Å². The first-order valence-corrected chi connectivity index (χ1v) is 3.33. The molecule has 2 aliphatic carbocycles. The lowest BCUT2D eigenvalue weighted by Crippen LogP contribution is -2.10. The quantitative estimate of drug-likeness (QED) is 0.498. The molecule has 0 heterocycles. The van der Waals surface area contributed by atoms with E-state index in [1.54, 1.807) is 5.57 Å². The fourth-order valence-electron chi connectivity index (χ4n) is 1.67. The number of fused-ring (bicyclic) bond motifs is 1. The average Bonchev–Trinajstić information content (AvgIpc) is 2.46. The summed E-state index contributed by atoms with van der Waals surface area (Å²) in [6, 6.07) is 0. The topological polar surface area (TPSA) is 26.0 Å². The van der Waals surface area contributed by atoms with Crippen molar-refractivity contribution in [1.29, 1.82) is 0 Å². The third-order valence-corrected chi connectivity index (χ3v) is 2.29. The monoisotopic (exact) mass is 109 g/mol. The first-order valence-electron chi connectivity index (χ1n) is 3.33. The predicted molar refractivity (Wildman–Crippen MR) is 33.4 cm³/mol. The number of allylic oxidation sites excluding steroid dienone is 1. The van der Waals surface area contributed by atoms with Gasteiger partial charge in [-0.2, -0.15) is 0 Å². The zero-order valence-corrected chi connectivity index (χ0v) is 4.93. The van der Waals surface area contributed by atoms with Crippen LogP contribution in [-0.2, 0) is 0 Å². The van der Waals surface area contributed by atoms with E-state index in [-0.39, 0.29) is 0 Å². The van der Waals surface area contributed by atoms with E-state index in [0.29, 0.717) is 0 Å². The van der Waals surface area contributed by atoms with E-state index < -0.39 is 0 Å². The van der Waals surface area contributed by atoms with Crippen molar-refractivity contribution in [2.24, 2.45) is 17.6 Å². The first kappa shape index (κ1) is 4.57. The maximum Gasteiger partial charge on any atom is -0.00113 e. The Kier molecular flexibility index (Phi) is 0.770. The number of nitrogens with two attached hydrogens (primary N) is 1. The van der Waals surface area contributed by atoms with Gasteiger partial charge >= 0.3 is 0 Å². The minimum absolute atomic E-state index is 0.778. The largest absolute Gasteiger partial charge is 0.330 e. The van der Waals surface area contributed by atoms with Gasteiger partial charge < -0.3 is 5.73 Å². The maximum atomic E-state index is 5.51. The molecule has 1 heteroatoms. The molecular weight excluding hydrogens is 98.1 g/mol. The molecule has 0 saturated heterocycles. The molecule has 0 spiro atoms. The predicted octanol–water partition coefficient (Wildman–Crippen LogP) is 0.911. The fraction of sp³-hybridized carbons (Fsp3) is 0.714. The second-order valence-corrected chi connectivity index (χ2v) is 2.78. The van der Waals surface area contributed by atoms with Crippen LogP contribution in [0.3, 0.4) is 0 Å². The molecule has 2 unspecified atom stereocenters. The molecule has 2 rings (SSSR count). The van der Waals surface area contributed by atoms with Gasteiger partial charge in [-0.15, -0.1) is 0 Å². The van der Waals surface area contributed by atoms with Crippen LogP contribution >= 0.6 is 0 Å². The van der Waals surface area contributed by atoms with Gasteiger partial charge in [0.1, 0.15) is 0 Å². The molecule has 0 radical (unpaired) electrons. The Labute approximate surface area is 49.6 Å². The van der Waals surface area contributed by atoms with Crippen molar-refractivity contribution >= 4 is 0 Å². The smallest absolute Gasteiger partial charge is 0.00113 e. The summed E-state index contributed by atoms with van der Waals surface area (Å²) in [4.78, 5) is 0. The Morgan fingerprint density at radius 2 is 2.50 bits per heavy atom. The van der Waals surface area contributed by atoms with Gasteiger partial charge in [-0.1, -0.05) is 11.6 Å². The highest BCUT2D eigenvalue weighted by atomic mass is 14.6. The lowest BCUT2D eigenvalue weighted by Gasteiger charge is -2.00. The van der Waals surface area contributed by atoms with E-state index in [1.165, 1.54) is 12.8 Å². The lowest BCUT2D eigenvalue weighted by molar-refractivity contribution is 0.630. The molecule has 44 valence electrons. The molecule has 0 aromatic heterocycles. The van der Waals surface area contributed by atoms with Gasteiger partial charge in [-0.25, -0.2) is 0 Å². The van der Waals surface area contributed by atoms with Gasteiger partial charge in [-0.05, 0) is 31.2 Å². The van der Waals surface area contributed by atoms with Crippen molar-refractivity contribution in [3.05, 3.63) is 11.6 Å². The molecule has 1 fully saturated rings. The molecule has 0 amide bonds. The Balaban J connectivity index is 2.06. The van der Waals surface area contributed by atoms with Crippen LogP contribution in [0.5, 0.6) is 0 Å². The van der Waals surface area contributed by atoms with Crippen LogP contribution < -0.4 is 5.73 Å². The molecule has 1 saturated carbocycles. The summed E-state index contributed by atoms with van der Waals surface area (Å²) in [6.45, 7) is 0.877. The minimum atomic E-state index is 0.778. The van der Waals surface area contributed by atoms with Crippen LogP contribution in [0, 0.1) is 11.8 Å². The van der Waals surface area contributed by atoms with Crippen molar-refractivity contribution in [1.82, 2.24) is 0 Å². The Bertz CT molecular complexity index is 137. The zero-order chi connectivity index (χ0) is 5.56. The van der Waals surface area contributed by atoms with Gasteiger partial charge in [0, 0.05) is 0 Å². The SMILES string of the molecule is NCC1CCC2C=C21. The second kappa shape index (κ2) is 1.35. The zero-order valence-electron chi connectivity index (χ0n) is 4.93. The fourth-order valence-corrected chi connectivity index (χ4v) is 1.67. The van der Waals surface area contributed by atoms with Crippen LogP contribution in [0.25, 0.3) is 0 Å². The minimum Gasteiger partial charge on any atom is -0.330 e. The standard InChI is InChI=1S/C7H11N/c8-4-6-2-1-5-3-7(5)6/h3,5-6H,1-2,4,8H2. The van der Waals surface area contributed by atoms with E-state index in [0.717, 1.165) is 18.4 Å². The highest BCUT2D eigenvalue weighted by molar-refractivity contribution is 5.35. The number of hydrogen-bond donors (Lipinski definition) is 1. The Hall–Kier alpha value is -0.300. The molecule has 8 heavy (non-hydrogen) atoms. The highest BCUT2D eigenvalue weighted by Gasteiger charge is 2.36. The third-order valence-electron chi connectivity index (χ3n) is 2.29. The van der Waals surface area contributed by atoms with E-state index >= 15 is 0 Å². The summed E-state index contributed by atoms with van der Waals surface area (Å²) in [7, 11) is 0. The van der Waals surface area contributed by atoms with Crippen molar-refractivity contribution in [3.63, 3.8) is 0 Å². The van der Waals surface area contributed by atoms with E-state index in [2.05, 4.69) is 6.08 Å². The van der Waals surface area contributed by atoms with Gasteiger partial charge in [0.15, 0.2) is 0 Å². The molecule has 0 aromatic carbocycles. The van der Waals surface area contributed by atoms with Crippen LogP contribution in [0.15, 0.2) is 11.6 Å². The Morgan fingerprint density at radius 1 is 1.62 bits per heavy atom. The average molecular weight is 109 g/mol. The van der Waals surface area contributed by atoms with Crippen LogP contribution in [0.1, 0.15) is 12.8 Å². The normalized spacial score (nSPS) is 41.4. The van der Waals surface area contributed by atoms with Crippen molar-refractivity contribution in [3.8, 4) is 0 Å². The van der Waals surface area contributed by atoms with Gasteiger partial charge in [0.25, 0.3) is 0 Å². The second-order valence-electron chi connectivity index (χ2n) is 2.78. The molecular formula is C7H11N. The van der Waals surface area contributed by atoms with Crippen molar-refractivity contribution in [2.75, 3.05) is 6.54 Å². The van der Waals surface area contributed by atoms with E-state index in [9.17, 15) is 0 Å². The van der Waals surface area contributed by atoms with Crippen LogP contribution in [-0.4, -0.2) is 6.54 Å². The maximum absolute atomic E-state index is 5.51. The highest BCUT2D eigenvalue weighted by Crippen LogP contribution is 2.47.